The predicted octanol–water partition coefficient (Wildman–Crippen LogP) is 5.39. The maximum absolute atomic E-state index is 14.7. The summed E-state index contributed by atoms with van der Waals surface area (Å²) in [5, 5.41) is 4.52. The molecule has 0 radical (unpaired) electrons. The highest BCUT2D eigenvalue weighted by Gasteiger charge is 2.39. The van der Waals surface area contributed by atoms with Gasteiger partial charge in [-0.25, -0.2) is 28.7 Å². The van der Waals surface area contributed by atoms with E-state index in [0.717, 1.165) is 29.8 Å². The molecule has 6 atom stereocenters. The van der Waals surface area contributed by atoms with Crippen LogP contribution >= 0.6 is 0 Å². The molecule has 9 heteroatoms. The second kappa shape index (κ2) is 8.84. The zero-order valence-electron chi connectivity index (χ0n) is 20.5. The minimum absolute atomic E-state index is 0.0643. The van der Waals surface area contributed by atoms with Crippen molar-refractivity contribution in [2.45, 2.75) is 95.6 Å². The molecule has 0 bridgehead atoms. The SMILES string of the molecule is Cc1nc2nc([C@H]3CCO[C@H](c4cnn(C5CC5)c4)C3)nc(C3C[C@@H](F)C(C)[C@@H](F)C3)c2nc1C. The van der Waals surface area contributed by atoms with Crippen molar-refractivity contribution >= 4 is 11.2 Å². The van der Waals surface area contributed by atoms with Gasteiger partial charge >= 0.3 is 0 Å². The first kappa shape index (κ1) is 22.9. The topological polar surface area (TPSA) is 78.6 Å². The van der Waals surface area contributed by atoms with Crippen molar-refractivity contribution in [1.82, 2.24) is 29.7 Å². The Bertz CT molecular complexity index is 1230. The molecule has 0 amide bonds. The second-order valence-corrected chi connectivity index (χ2v) is 10.7. The molecule has 3 aliphatic rings. The van der Waals surface area contributed by atoms with E-state index in [2.05, 4.69) is 11.3 Å². The summed E-state index contributed by atoms with van der Waals surface area (Å²) in [6.45, 7) is 6.04. The molecule has 2 saturated carbocycles. The zero-order valence-corrected chi connectivity index (χ0v) is 20.5. The summed E-state index contributed by atoms with van der Waals surface area (Å²) in [4.78, 5) is 19.2. The van der Waals surface area contributed by atoms with Crippen molar-refractivity contribution in [2.75, 3.05) is 6.61 Å². The Morgan fingerprint density at radius 1 is 0.914 bits per heavy atom. The van der Waals surface area contributed by atoms with Crippen LogP contribution in [0.2, 0.25) is 0 Å². The predicted molar refractivity (Wildman–Crippen MR) is 127 cm³/mol. The van der Waals surface area contributed by atoms with Crippen LogP contribution in [-0.2, 0) is 4.74 Å². The van der Waals surface area contributed by atoms with Crippen LogP contribution in [0.3, 0.4) is 0 Å². The number of ether oxygens (including phenoxy) is 1. The van der Waals surface area contributed by atoms with Crippen LogP contribution in [0.5, 0.6) is 0 Å². The highest BCUT2D eigenvalue weighted by atomic mass is 19.1. The molecule has 3 aromatic heterocycles. The largest absolute Gasteiger partial charge is 0.373 e. The van der Waals surface area contributed by atoms with Crippen molar-refractivity contribution in [2.24, 2.45) is 5.92 Å². The summed E-state index contributed by atoms with van der Waals surface area (Å²) in [6, 6.07) is 0.525. The normalized spacial score (nSPS) is 31.7. The van der Waals surface area contributed by atoms with E-state index in [0.29, 0.717) is 35.3 Å². The van der Waals surface area contributed by atoms with Crippen molar-refractivity contribution in [3.05, 3.63) is 40.9 Å². The summed E-state index contributed by atoms with van der Waals surface area (Å²) in [6.07, 6.45) is 5.91. The molecule has 0 N–H and O–H groups in total. The van der Waals surface area contributed by atoms with E-state index in [9.17, 15) is 8.78 Å². The molecule has 2 unspecified atom stereocenters. The Morgan fingerprint density at radius 2 is 1.66 bits per heavy atom. The van der Waals surface area contributed by atoms with Crippen molar-refractivity contribution in [1.29, 1.82) is 0 Å². The van der Waals surface area contributed by atoms with E-state index in [1.165, 1.54) is 12.8 Å². The maximum Gasteiger partial charge on any atom is 0.182 e. The Labute approximate surface area is 203 Å². The zero-order chi connectivity index (χ0) is 24.3. The Kier molecular flexibility index (Phi) is 5.78. The van der Waals surface area contributed by atoms with Gasteiger partial charge in [-0.1, -0.05) is 6.92 Å². The van der Waals surface area contributed by atoms with Gasteiger partial charge in [-0.2, -0.15) is 5.10 Å². The molecule has 0 aromatic carbocycles. The van der Waals surface area contributed by atoms with Crippen molar-refractivity contribution < 1.29 is 13.5 Å². The third-order valence-corrected chi connectivity index (χ3v) is 8.10. The fraction of sp³-hybridized carbons (Fsp3) is 0.654. The van der Waals surface area contributed by atoms with E-state index >= 15 is 0 Å². The van der Waals surface area contributed by atoms with Crippen LogP contribution in [0.4, 0.5) is 8.78 Å². The summed E-state index contributed by atoms with van der Waals surface area (Å²) < 4.78 is 37.6. The number of aromatic nitrogens is 6. The number of alkyl halides is 2. The van der Waals surface area contributed by atoms with Crippen LogP contribution in [0.25, 0.3) is 11.2 Å². The summed E-state index contributed by atoms with van der Waals surface area (Å²) >= 11 is 0. The van der Waals surface area contributed by atoms with Crippen LogP contribution in [0, 0.1) is 19.8 Å². The molecule has 3 fully saturated rings. The second-order valence-electron chi connectivity index (χ2n) is 10.7. The molecule has 186 valence electrons. The molecule has 0 spiro atoms. The first-order valence-electron chi connectivity index (χ1n) is 12.8. The highest BCUT2D eigenvalue weighted by Crippen LogP contribution is 2.42. The number of halogens is 2. The minimum atomic E-state index is -1.20. The molecule has 1 aliphatic heterocycles. The van der Waals surface area contributed by atoms with Crippen molar-refractivity contribution in [3.63, 3.8) is 0 Å². The fourth-order valence-electron chi connectivity index (χ4n) is 5.46. The van der Waals surface area contributed by atoms with Gasteiger partial charge in [0.1, 0.15) is 23.7 Å². The lowest BCUT2D eigenvalue weighted by Gasteiger charge is -2.33. The smallest absolute Gasteiger partial charge is 0.182 e. The Morgan fingerprint density at radius 3 is 2.40 bits per heavy atom. The summed E-state index contributed by atoms with van der Waals surface area (Å²) in [5.41, 5.74) is 4.39. The lowest BCUT2D eigenvalue weighted by molar-refractivity contribution is 0.00388. The van der Waals surface area contributed by atoms with E-state index in [1.807, 2.05) is 24.7 Å². The number of hydrogen-bond acceptors (Lipinski definition) is 6. The van der Waals surface area contributed by atoms with E-state index < -0.39 is 18.3 Å². The molecule has 35 heavy (non-hydrogen) atoms. The number of rotatable bonds is 4. The molecule has 6 rings (SSSR count). The van der Waals surface area contributed by atoms with Gasteiger partial charge in [-0.3, -0.25) is 4.68 Å². The Balaban J connectivity index is 1.35. The fourth-order valence-corrected chi connectivity index (χ4v) is 5.46. The average Bonchev–Trinajstić information content (AvgIpc) is 3.58. The molecule has 1 saturated heterocycles. The highest BCUT2D eigenvalue weighted by molar-refractivity contribution is 5.73. The van der Waals surface area contributed by atoms with Gasteiger partial charge in [-0.15, -0.1) is 0 Å². The maximum atomic E-state index is 14.7. The lowest BCUT2D eigenvalue weighted by Crippen LogP contribution is -2.33. The molecule has 2 aliphatic carbocycles. The molecule has 4 heterocycles. The van der Waals surface area contributed by atoms with Gasteiger partial charge in [-0.05, 0) is 52.4 Å². The van der Waals surface area contributed by atoms with Gasteiger partial charge in [0.25, 0.3) is 0 Å². The third-order valence-electron chi connectivity index (χ3n) is 8.10. The van der Waals surface area contributed by atoms with E-state index in [-0.39, 0.29) is 30.8 Å². The van der Waals surface area contributed by atoms with Crippen molar-refractivity contribution in [3.8, 4) is 0 Å². The van der Waals surface area contributed by atoms with Crippen LogP contribution in [0.1, 0.15) is 97.9 Å². The lowest BCUT2D eigenvalue weighted by atomic mass is 9.78. The molecular formula is C26H32F2N6O. The number of hydrogen-bond donors (Lipinski definition) is 0. The van der Waals surface area contributed by atoms with Gasteiger partial charge in [0.2, 0.25) is 0 Å². The third kappa shape index (κ3) is 4.32. The first-order chi connectivity index (χ1) is 16.9. The van der Waals surface area contributed by atoms with Gasteiger partial charge < -0.3 is 4.74 Å². The number of aryl methyl sites for hydroxylation is 2. The monoisotopic (exact) mass is 482 g/mol. The molecule has 3 aromatic rings. The molecule has 7 nitrogen and oxygen atoms in total. The average molecular weight is 483 g/mol. The van der Waals surface area contributed by atoms with Gasteiger partial charge in [0.05, 0.1) is 35.4 Å². The quantitative estimate of drug-likeness (QED) is 0.496. The summed E-state index contributed by atoms with van der Waals surface area (Å²) in [7, 11) is 0. The number of fused-ring (bicyclic) bond motifs is 1. The molecular weight excluding hydrogens is 450 g/mol. The van der Waals surface area contributed by atoms with Gasteiger partial charge in [0.15, 0.2) is 5.65 Å². The van der Waals surface area contributed by atoms with E-state index in [4.69, 9.17) is 24.7 Å². The minimum Gasteiger partial charge on any atom is -0.373 e. The standard InChI is InChI=1S/C26H32F2N6O/c1-13-20(27)8-17(9-21(13)28)23-24-26(31-15(3)14(2)30-24)33-25(32-23)16-6-7-35-22(10-16)18-11-29-34(12-18)19-4-5-19/h11-13,16-17,19-22H,4-10H2,1-3H3/t13?,16-,17?,20-,21+,22-/m0/s1. The van der Waals surface area contributed by atoms with E-state index in [1.54, 1.807) is 6.92 Å². The number of nitrogens with zero attached hydrogens (tertiary/aromatic N) is 6. The first-order valence-corrected chi connectivity index (χ1v) is 12.8. The van der Waals surface area contributed by atoms with Crippen LogP contribution < -0.4 is 0 Å². The van der Waals surface area contributed by atoms with Gasteiger partial charge in [0, 0.05) is 36.1 Å². The Hall–Kier alpha value is -2.55. The summed E-state index contributed by atoms with van der Waals surface area (Å²) in [5.74, 6) is -0.196. The van der Waals surface area contributed by atoms with Crippen LogP contribution in [0.15, 0.2) is 12.4 Å². The van der Waals surface area contributed by atoms with Crippen LogP contribution in [-0.4, -0.2) is 48.7 Å².